The second-order valence-electron chi connectivity index (χ2n) is 4.62. The molecule has 3 atom stereocenters. The van der Waals surface area contributed by atoms with Crippen LogP contribution in [0.15, 0.2) is 12.2 Å². The van der Waals surface area contributed by atoms with Crippen molar-refractivity contribution in [2.75, 3.05) is 20.3 Å². The van der Waals surface area contributed by atoms with Crippen LogP contribution in [0, 0.1) is 17.8 Å². The van der Waals surface area contributed by atoms with Crippen LogP contribution < -0.4 is 0 Å². The molecule has 4 heteroatoms. The largest absolute Gasteiger partial charge is 0.469 e. The van der Waals surface area contributed by atoms with Crippen molar-refractivity contribution in [1.82, 2.24) is 0 Å². The molecule has 1 saturated heterocycles. The van der Waals surface area contributed by atoms with Gasteiger partial charge >= 0.3 is 5.97 Å². The molecule has 1 spiro atoms. The first kappa shape index (κ1) is 10.3. The normalized spacial score (nSPS) is 39.2. The molecule has 2 fully saturated rings. The van der Waals surface area contributed by atoms with Gasteiger partial charge in [-0.3, -0.25) is 4.79 Å². The van der Waals surface area contributed by atoms with E-state index in [4.69, 9.17) is 14.2 Å². The smallest absolute Gasteiger partial charge is 0.313 e. The second-order valence-corrected chi connectivity index (χ2v) is 4.62. The Hall–Kier alpha value is -0.870. The number of hydrogen-bond acceptors (Lipinski definition) is 4. The van der Waals surface area contributed by atoms with E-state index in [1.54, 1.807) is 0 Å². The number of carbonyl (C=O) groups excluding carboxylic acids is 1. The fraction of sp³-hybridized carbons (Fsp3) is 0.750. The number of ether oxygens (including phenoxy) is 3. The highest BCUT2D eigenvalue weighted by Crippen LogP contribution is 2.63. The summed E-state index contributed by atoms with van der Waals surface area (Å²) in [4.78, 5) is 11.6. The Kier molecular flexibility index (Phi) is 2.30. The van der Waals surface area contributed by atoms with Crippen LogP contribution >= 0.6 is 0 Å². The number of fused-ring (bicyclic) bond motifs is 3. The minimum absolute atomic E-state index is 0.158. The highest BCUT2D eigenvalue weighted by atomic mass is 16.7. The summed E-state index contributed by atoms with van der Waals surface area (Å²) < 4.78 is 16.4. The second kappa shape index (κ2) is 3.57. The van der Waals surface area contributed by atoms with Gasteiger partial charge in [0.15, 0.2) is 5.79 Å². The van der Waals surface area contributed by atoms with E-state index < -0.39 is 5.79 Å². The average molecular weight is 224 g/mol. The van der Waals surface area contributed by atoms with Gasteiger partial charge < -0.3 is 14.2 Å². The third kappa shape index (κ3) is 1.26. The van der Waals surface area contributed by atoms with Crippen LogP contribution in [0.3, 0.4) is 0 Å². The number of hydrogen-bond donors (Lipinski definition) is 0. The lowest BCUT2D eigenvalue weighted by atomic mass is 9.96. The number of esters is 1. The van der Waals surface area contributed by atoms with Crippen LogP contribution in [0.25, 0.3) is 0 Å². The van der Waals surface area contributed by atoms with E-state index in [-0.39, 0.29) is 17.8 Å². The lowest BCUT2D eigenvalue weighted by molar-refractivity contribution is -0.220. The minimum atomic E-state index is -0.486. The van der Waals surface area contributed by atoms with E-state index >= 15 is 0 Å². The first-order valence-corrected chi connectivity index (χ1v) is 5.82. The molecular formula is C12H16O4. The highest BCUT2D eigenvalue weighted by molar-refractivity contribution is 5.76. The van der Waals surface area contributed by atoms with Gasteiger partial charge in [-0.25, -0.2) is 0 Å². The van der Waals surface area contributed by atoms with Gasteiger partial charge in [-0.2, -0.15) is 0 Å². The van der Waals surface area contributed by atoms with Gasteiger partial charge in [0, 0.05) is 11.8 Å². The molecule has 3 rings (SSSR count). The molecule has 0 N–H and O–H groups in total. The quantitative estimate of drug-likeness (QED) is 0.494. The molecule has 3 aliphatic rings. The Balaban J connectivity index is 1.81. The maximum absolute atomic E-state index is 11.6. The minimum Gasteiger partial charge on any atom is -0.469 e. The standard InChI is InChI=1S/C12H16O4/c1-14-11(13)8-4-2-5-9-10(8)12(9)15-6-3-7-16-12/h2,4,8-10H,3,5-7H2,1H3/t8-,9+,10+/m1/s1. The Morgan fingerprint density at radius 1 is 1.44 bits per heavy atom. The van der Waals surface area contributed by atoms with Crippen molar-refractivity contribution in [2.24, 2.45) is 17.8 Å². The lowest BCUT2D eigenvalue weighted by Gasteiger charge is -2.25. The maximum atomic E-state index is 11.6. The van der Waals surface area contributed by atoms with Crippen LogP contribution in [0.1, 0.15) is 12.8 Å². The van der Waals surface area contributed by atoms with Crippen molar-refractivity contribution in [3.8, 4) is 0 Å². The molecule has 0 unspecified atom stereocenters. The van der Waals surface area contributed by atoms with Crippen molar-refractivity contribution in [3.05, 3.63) is 12.2 Å². The van der Waals surface area contributed by atoms with Gasteiger partial charge in [-0.15, -0.1) is 0 Å². The molecule has 0 amide bonds. The summed E-state index contributed by atoms with van der Waals surface area (Å²) in [5, 5.41) is 0. The lowest BCUT2D eigenvalue weighted by Crippen LogP contribution is -2.32. The van der Waals surface area contributed by atoms with Crippen molar-refractivity contribution < 1.29 is 19.0 Å². The molecule has 4 nitrogen and oxygen atoms in total. The summed E-state index contributed by atoms with van der Waals surface area (Å²) in [5.74, 6) is -0.366. The van der Waals surface area contributed by atoms with E-state index in [0.29, 0.717) is 5.92 Å². The van der Waals surface area contributed by atoms with Crippen LogP contribution in [0.5, 0.6) is 0 Å². The van der Waals surface area contributed by atoms with E-state index in [9.17, 15) is 4.79 Å². The molecule has 1 saturated carbocycles. The molecule has 0 aromatic carbocycles. The number of allylic oxidation sites excluding steroid dienone is 1. The van der Waals surface area contributed by atoms with Crippen LogP contribution in [0.2, 0.25) is 0 Å². The van der Waals surface area contributed by atoms with Crippen molar-refractivity contribution in [2.45, 2.75) is 18.6 Å². The monoisotopic (exact) mass is 224 g/mol. The number of rotatable bonds is 1. The fourth-order valence-corrected chi connectivity index (χ4v) is 3.07. The van der Waals surface area contributed by atoms with Crippen LogP contribution in [-0.2, 0) is 19.0 Å². The highest BCUT2D eigenvalue weighted by Gasteiger charge is 2.72. The molecule has 16 heavy (non-hydrogen) atoms. The first-order valence-electron chi connectivity index (χ1n) is 5.82. The summed E-state index contributed by atoms with van der Waals surface area (Å²) >= 11 is 0. The zero-order chi connectivity index (χ0) is 11.2. The van der Waals surface area contributed by atoms with Crippen LogP contribution in [0.4, 0.5) is 0 Å². The summed E-state index contributed by atoms with van der Waals surface area (Å²) in [6, 6.07) is 0. The Bertz CT molecular complexity index is 330. The van der Waals surface area contributed by atoms with Gasteiger partial charge in [0.2, 0.25) is 0 Å². The summed E-state index contributed by atoms with van der Waals surface area (Å²) in [6.07, 6.45) is 5.86. The van der Waals surface area contributed by atoms with E-state index in [2.05, 4.69) is 0 Å². The molecule has 0 bridgehead atoms. The van der Waals surface area contributed by atoms with Gasteiger partial charge in [0.1, 0.15) is 0 Å². The molecule has 2 aliphatic carbocycles. The van der Waals surface area contributed by atoms with Gasteiger partial charge in [0.05, 0.1) is 26.2 Å². The SMILES string of the molecule is COC(=O)[C@@H]1C=CC[C@H]2[C@H]1C21OCCCO1. The molecule has 0 radical (unpaired) electrons. The van der Waals surface area contributed by atoms with Gasteiger partial charge in [-0.05, 0) is 12.8 Å². The van der Waals surface area contributed by atoms with Gasteiger partial charge in [0.25, 0.3) is 0 Å². The summed E-state index contributed by atoms with van der Waals surface area (Å²) in [5.41, 5.74) is 0. The zero-order valence-electron chi connectivity index (χ0n) is 9.35. The summed E-state index contributed by atoms with van der Waals surface area (Å²) in [7, 11) is 1.43. The predicted molar refractivity (Wildman–Crippen MR) is 55.5 cm³/mol. The third-order valence-electron chi connectivity index (χ3n) is 3.84. The molecular weight excluding hydrogens is 208 g/mol. The average Bonchev–Trinajstić information content (AvgIpc) is 2.97. The van der Waals surface area contributed by atoms with E-state index in [1.807, 2.05) is 12.2 Å². The first-order chi connectivity index (χ1) is 7.79. The third-order valence-corrected chi connectivity index (χ3v) is 3.84. The maximum Gasteiger partial charge on any atom is 0.313 e. The Morgan fingerprint density at radius 3 is 2.88 bits per heavy atom. The van der Waals surface area contributed by atoms with E-state index in [0.717, 1.165) is 26.1 Å². The Labute approximate surface area is 94.5 Å². The van der Waals surface area contributed by atoms with Crippen molar-refractivity contribution >= 4 is 5.97 Å². The van der Waals surface area contributed by atoms with Crippen molar-refractivity contribution in [1.29, 1.82) is 0 Å². The predicted octanol–water partition coefficient (Wildman–Crippen LogP) is 1.11. The van der Waals surface area contributed by atoms with Crippen LogP contribution in [-0.4, -0.2) is 32.1 Å². The Morgan fingerprint density at radius 2 is 2.19 bits per heavy atom. The molecule has 1 aliphatic heterocycles. The molecule has 1 heterocycles. The summed E-state index contributed by atoms with van der Waals surface area (Å²) in [6.45, 7) is 1.47. The molecule has 88 valence electrons. The van der Waals surface area contributed by atoms with E-state index in [1.165, 1.54) is 7.11 Å². The molecule has 0 aromatic rings. The van der Waals surface area contributed by atoms with Crippen molar-refractivity contribution in [3.63, 3.8) is 0 Å². The number of carbonyl (C=O) groups is 1. The number of methoxy groups -OCH3 is 1. The zero-order valence-corrected chi connectivity index (χ0v) is 9.35. The fourth-order valence-electron chi connectivity index (χ4n) is 3.07. The van der Waals surface area contributed by atoms with Gasteiger partial charge in [-0.1, -0.05) is 12.2 Å². The topological polar surface area (TPSA) is 44.8 Å². The molecule has 0 aromatic heterocycles.